The number of benzene rings is 1. The first-order chi connectivity index (χ1) is 14.1. The molecule has 0 saturated carbocycles. The summed E-state index contributed by atoms with van der Waals surface area (Å²) in [4.78, 5) is 20.4. The molecule has 6 heteroatoms. The number of rotatable bonds is 6. The molecule has 2 heterocycles. The molecule has 0 unspecified atom stereocenters. The van der Waals surface area contributed by atoms with Crippen LogP contribution in [0.15, 0.2) is 36.4 Å². The van der Waals surface area contributed by atoms with Gasteiger partial charge in [0.1, 0.15) is 5.69 Å². The summed E-state index contributed by atoms with van der Waals surface area (Å²) >= 11 is 0. The Hall–Kier alpha value is -2.60. The summed E-state index contributed by atoms with van der Waals surface area (Å²) in [5, 5.41) is 3.08. The van der Waals surface area contributed by atoms with E-state index in [0.717, 1.165) is 5.56 Å². The molecular weight excluding hydrogens is 378 g/mol. The lowest BCUT2D eigenvalue weighted by molar-refractivity contribution is -0.131. The minimum Gasteiger partial charge on any atom is -0.481 e. The molecule has 1 N–H and O–H groups in total. The largest absolute Gasteiger partial charge is 0.481 e. The molecule has 0 atom stereocenters. The van der Waals surface area contributed by atoms with E-state index in [0.29, 0.717) is 36.5 Å². The number of carbonyl (C=O) groups is 1. The number of hydrogen-bond acceptors (Lipinski definition) is 5. The normalized spacial score (nSPS) is 16.1. The van der Waals surface area contributed by atoms with Crippen molar-refractivity contribution in [3.05, 3.63) is 47.5 Å². The van der Waals surface area contributed by atoms with Gasteiger partial charge in [-0.2, -0.15) is 4.98 Å². The van der Waals surface area contributed by atoms with E-state index in [4.69, 9.17) is 9.47 Å². The van der Waals surface area contributed by atoms with Crippen LogP contribution in [0.3, 0.4) is 0 Å². The second-order valence-corrected chi connectivity index (χ2v) is 9.22. The van der Waals surface area contributed by atoms with Crippen molar-refractivity contribution in [2.45, 2.75) is 51.5 Å². The Kier molecular flexibility index (Phi) is 6.09. The summed E-state index contributed by atoms with van der Waals surface area (Å²) in [6.45, 7) is 12.2. The number of ether oxygens (including phenoxy) is 2. The third-order valence-electron chi connectivity index (χ3n) is 5.89. The summed E-state index contributed by atoms with van der Waals surface area (Å²) in [6, 6.07) is 11.8. The smallest absolute Gasteiger partial charge is 0.240 e. The van der Waals surface area contributed by atoms with Gasteiger partial charge in [-0.1, -0.05) is 38.1 Å². The van der Waals surface area contributed by atoms with Gasteiger partial charge in [0.2, 0.25) is 17.7 Å². The summed E-state index contributed by atoms with van der Waals surface area (Å²) in [5.41, 5.74) is 2.22. The molecule has 30 heavy (non-hydrogen) atoms. The topological polar surface area (TPSA) is 63.7 Å². The monoisotopic (exact) mass is 411 g/mol. The molecule has 1 amide bonds. The van der Waals surface area contributed by atoms with Crippen LogP contribution in [0.4, 0.5) is 5.69 Å². The lowest BCUT2D eigenvalue weighted by Crippen LogP contribution is -2.69. The molecule has 1 aliphatic rings. The van der Waals surface area contributed by atoms with Gasteiger partial charge in [0, 0.05) is 24.7 Å². The number of carbonyl (C=O) groups excluding carboxylic acids is 1. The summed E-state index contributed by atoms with van der Waals surface area (Å²) in [6.07, 6.45) is 0. The molecule has 0 bridgehead atoms. The molecule has 162 valence electrons. The molecule has 0 radical (unpaired) electrons. The van der Waals surface area contributed by atoms with Crippen LogP contribution >= 0.6 is 0 Å². The first-order valence-corrected chi connectivity index (χ1v) is 10.4. The van der Waals surface area contributed by atoms with E-state index in [1.54, 1.807) is 19.2 Å². The Morgan fingerprint density at radius 3 is 2.33 bits per heavy atom. The van der Waals surface area contributed by atoms with Crippen LogP contribution in [0.25, 0.3) is 0 Å². The van der Waals surface area contributed by atoms with E-state index in [9.17, 15) is 4.79 Å². The molecule has 1 fully saturated rings. The van der Waals surface area contributed by atoms with E-state index in [1.807, 2.05) is 12.1 Å². The molecule has 1 aromatic heterocycles. The minimum atomic E-state index is -0.626. The molecule has 1 aromatic carbocycles. The third-order valence-corrected chi connectivity index (χ3v) is 5.89. The van der Waals surface area contributed by atoms with Crippen LogP contribution in [-0.4, -0.2) is 48.6 Å². The number of hydrogen-bond donors (Lipinski definition) is 1. The maximum Gasteiger partial charge on any atom is 0.240 e. The quantitative estimate of drug-likeness (QED) is 0.771. The molecular formula is C24H33N3O3. The summed E-state index contributed by atoms with van der Waals surface area (Å²) in [5.74, 6) is 1.06. The van der Waals surface area contributed by atoms with E-state index in [-0.39, 0.29) is 11.4 Å². The predicted octanol–water partition coefficient (Wildman–Crippen LogP) is 4.21. The summed E-state index contributed by atoms with van der Waals surface area (Å²) in [7, 11) is 3.08. The Labute approximate surface area is 179 Å². The van der Waals surface area contributed by atoms with Crippen molar-refractivity contribution in [2.75, 3.05) is 32.6 Å². The molecule has 3 rings (SSSR count). The molecule has 2 aromatic rings. The number of methoxy groups -OCH3 is 2. The number of amides is 1. The van der Waals surface area contributed by atoms with Gasteiger partial charge >= 0.3 is 0 Å². The lowest BCUT2D eigenvalue weighted by atomic mass is 9.68. The van der Waals surface area contributed by atoms with Crippen molar-refractivity contribution in [3.8, 4) is 11.8 Å². The zero-order chi connectivity index (χ0) is 22.1. The molecule has 0 aliphatic carbocycles. The van der Waals surface area contributed by atoms with Gasteiger partial charge < -0.3 is 14.8 Å². The van der Waals surface area contributed by atoms with Gasteiger partial charge in [0.15, 0.2) is 0 Å². The van der Waals surface area contributed by atoms with Crippen molar-refractivity contribution in [1.29, 1.82) is 0 Å². The van der Waals surface area contributed by atoms with E-state index in [1.165, 1.54) is 12.7 Å². The number of pyridine rings is 1. The predicted molar refractivity (Wildman–Crippen MR) is 120 cm³/mol. The second-order valence-electron chi connectivity index (χ2n) is 9.22. The Morgan fingerprint density at radius 1 is 1.10 bits per heavy atom. The molecule has 6 nitrogen and oxygen atoms in total. The fourth-order valence-corrected chi connectivity index (χ4v) is 3.98. The number of aromatic nitrogens is 1. The van der Waals surface area contributed by atoms with Gasteiger partial charge in [-0.05, 0) is 43.9 Å². The highest BCUT2D eigenvalue weighted by Crippen LogP contribution is 2.43. The average molecular weight is 412 g/mol. The van der Waals surface area contributed by atoms with Gasteiger partial charge in [0.05, 0.1) is 19.6 Å². The maximum absolute atomic E-state index is 13.7. The zero-order valence-electron chi connectivity index (χ0n) is 19.1. The first kappa shape index (κ1) is 22.1. The Morgan fingerprint density at radius 2 is 1.77 bits per heavy atom. The lowest BCUT2D eigenvalue weighted by Gasteiger charge is -2.55. The van der Waals surface area contributed by atoms with Gasteiger partial charge in [-0.15, -0.1) is 0 Å². The van der Waals surface area contributed by atoms with Crippen molar-refractivity contribution in [3.63, 3.8) is 0 Å². The second kappa shape index (κ2) is 8.26. The van der Waals surface area contributed by atoms with Crippen LogP contribution in [0.5, 0.6) is 11.8 Å². The number of nitrogens with one attached hydrogen (secondary N) is 1. The number of anilines is 1. The standard InChI is InChI=1S/C24H33N3O3/c1-16(2)17-10-8-9-11-18(17)24(14-27(15-24)23(3,4)5)22(28)25-19-12-13-20(29-6)26-21(19)30-7/h8-13,16H,14-15H2,1-7H3,(H,25,28). The minimum absolute atomic E-state index is 0.00405. The molecule has 0 spiro atoms. The average Bonchev–Trinajstić information content (AvgIpc) is 2.66. The fourth-order valence-electron chi connectivity index (χ4n) is 3.98. The summed E-state index contributed by atoms with van der Waals surface area (Å²) < 4.78 is 10.5. The highest BCUT2D eigenvalue weighted by atomic mass is 16.5. The zero-order valence-corrected chi connectivity index (χ0v) is 19.1. The fraction of sp³-hybridized carbons (Fsp3) is 0.500. The number of nitrogens with zero attached hydrogens (tertiary/aromatic N) is 2. The van der Waals surface area contributed by atoms with Gasteiger partial charge in [-0.25, -0.2) is 0 Å². The van der Waals surface area contributed by atoms with Gasteiger partial charge in [0.25, 0.3) is 0 Å². The first-order valence-electron chi connectivity index (χ1n) is 10.4. The highest BCUT2D eigenvalue weighted by Gasteiger charge is 2.54. The van der Waals surface area contributed by atoms with Crippen molar-refractivity contribution in [1.82, 2.24) is 9.88 Å². The van der Waals surface area contributed by atoms with Gasteiger partial charge in [-0.3, -0.25) is 9.69 Å². The van der Waals surface area contributed by atoms with Crippen LogP contribution in [-0.2, 0) is 10.2 Å². The van der Waals surface area contributed by atoms with Crippen molar-refractivity contribution in [2.24, 2.45) is 0 Å². The SMILES string of the molecule is COc1ccc(NC(=O)C2(c3ccccc3C(C)C)CN(C(C)(C)C)C2)c(OC)n1. The van der Waals surface area contributed by atoms with E-state index >= 15 is 0 Å². The third kappa shape index (κ3) is 4.01. The van der Waals surface area contributed by atoms with Crippen LogP contribution < -0.4 is 14.8 Å². The molecule has 1 saturated heterocycles. The Bertz CT molecular complexity index is 912. The van der Waals surface area contributed by atoms with Crippen LogP contribution in [0, 0.1) is 0 Å². The van der Waals surface area contributed by atoms with Crippen LogP contribution in [0.1, 0.15) is 51.7 Å². The van der Waals surface area contributed by atoms with Crippen molar-refractivity contribution < 1.29 is 14.3 Å². The van der Waals surface area contributed by atoms with E-state index < -0.39 is 5.41 Å². The maximum atomic E-state index is 13.7. The molecule has 1 aliphatic heterocycles. The number of likely N-dealkylation sites (tertiary alicyclic amines) is 1. The van der Waals surface area contributed by atoms with E-state index in [2.05, 4.69) is 62.0 Å². The highest BCUT2D eigenvalue weighted by molar-refractivity contribution is 6.01. The van der Waals surface area contributed by atoms with Crippen LogP contribution in [0.2, 0.25) is 0 Å². The Balaban J connectivity index is 2.00. The van der Waals surface area contributed by atoms with Crippen molar-refractivity contribution >= 4 is 11.6 Å².